The maximum atomic E-state index is 4.67. The van der Waals surface area contributed by atoms with E-state index in [0.717, 1.165) is 90.1 Å². The Bertz CT molecular complexity index is 6020. The number of benzene rings is 10. The molecular weight excluding hydrogens is 2560 g/mol. The van der Waals surface area contributed by atoms with Crippen LogP contribution in [0.2, 0.25) is 69.1 Å². The molecule has 18 rings (SSSR count). The number of aryl methyl sites for hydroxylation is 4. The third-order valence-electron chi connectivity index (χ3n) is 20.5. The van der Waals surface area contributed by atoms with Gasteiger partial charge in [0.25, 0.3) is 0 Å². The molecule has 0 N–H and O–H groups in total. The molecule has 676 valence electrons. The molecule has 0 bridgehead atoms. The van der Waals surface area contributed by atoms with Gasteiger partial charge >= 0.3 is 470 Å². The van der Waals surface area contributed by atoms with Gasteiger partial charge in [-0.1, -0.05) is 46.5 Å². The quantitative estimate of drug-likeness (QED) is 0.0784. The minimum absolute atomic E-state index is 0. The second kappa shape index (κ2) is 55.1. The van der Waals surface area contributed by atoms with Crippen LogP contribution in [-0.4, -0.2) is 92.9 Å². The van der Waals surface area contributed by atoms with Gasteiger partial charge in [-0.3, -0.25) is 0 Å². The Morgan fingerprint density at radius 2 is 0.447 bits per heavy atom. The van der Waals surface area contributed by atoms with Gasteiger partial charge in [-0.05, 0) is 74.7 Å². The predicted octanol–water partition coefficient (Wildman–Crippen LogP) is 27.1. The van der Waals surface area contributed by atoms with Crippen molar-refractivity contribution in [2.24, 2.45) is 0 Å². The van der Waals surface area contributed by atoms with Crippen molar-refractivity contribution in [1.82, 2.24) is 39.9 Å². The van der Waals surface area contributed by atoms with Crippen molar-refractivity contribution in [2.45, 2.75) is 96.8 Å². The number of aromatic nitrogens is 8. The number of hydrogen-bond acceptors (Lipinski definition) is 8. The van der Waals surface area contributed by atoms with Crippen molar-refractivity contribution in [2.75, 3.05) is 0 Å². The average molecular weight is 2680 g/mol. The monoisotopic (exact) mass is 2680 g/mol. The summed E-state index contributed by atoms with van der Waals surface area (Å²) in [5.74, 6) is 28.7. The summed E-state index contributed by atoms with van der Waals surface area (Å²) in [6, 6.07) is 140. The summed E-state index contributed by atoms with van der Waals surface area (Å²) in [6.07, 6.45) is 15.4. The summed E-state index contributed by atoms with van der Waals surface area (Å²) in [4.78, 5) is 35.4. The van der Waals surface area contributed by atoms with Gasteiger partial charge in [-0.25, -0.2) is 0 Å². The molecule has 132 heavy (non-hydrogen) atoms. The smallest absolute Gasteiger partial charge is 0 e. The molecule has 0 aliphatic heterocycles. The Hall–Kier alpha value is -9.83. The summed E-state index contributed by atoms with van der Waals surface area (Å²) >= 11 is -7.03. The molecular formula is C116H112Ge4Ir4N8-8. The van der Waals surface area contributed by atoms with Crippen molar-refractivity contribution in [3.8, 4) is 112 Å². The number of rotatable bonds is 14. The van der Waals surface area contributed by atoms with E-state index in [4.69, 9.17) is 0 Å². The molecule has 0 fully saturated rings. The van der Waals surface area contributed by atoms with E-state index in [9.17, 15) is 0 Å². The zero-order chi connectivity index (χ0) is 90.7. The van der Waals surface area contributed by atoms with E-state index in [1.165, 1.54) is 62.1 Å². The van der Waals surface area contributed by atoms with Crippen LogP contribution in [0, 0.1) is 76.2 Å². The Balaban J connectivity index is 0.000000207. The molecule has 0 amide bonds. The van der Waals surface area contributed by atoms with Crippen molar-refractivity contribution < 1.29 is 80.4 Å². The standard InChI is InChI=1S/2C20H20GeN.2C14H16GeN.4C12H10N.4Ir/c1-21(2,3)19-12-13-20(22-15-19)18-11-7-10-17(14-18)16-8-5-4-6-9-16;1-21(2,3)19-13-14-20(22-15-19)18-11-9-17(10-12-18)16-7-5-4-6-8-16;1-15(2,3)13-9-10-16-14(11-13)12-7-5-4-6-8-12;1-15(2,3)13-9-10-14(16-11-13)12-7-5-4-6-8-12;4*1-10-7-8-13-12(9-10)11-5-3-2-4-6-11;;;;/h4-10,12-15H,1-3H3;4-11,13-15H,1-3H3;2*4-7,9-11H,1-3H3;4*2-5,7-9H,1H3;;;;/q8*-1;;;;. The Morgan fingerprint density at radius 3 is 0.712 bits per heavy atom. The number of pyridine rings is 8. The van der Waals surface area contributed by atoms with E-state index in [0.29, 0.717) is 0 Å². The van der Waals surface area contributed by atoms with Gasteiger partial charge < -0.3 is 19.9 Å². The number of nitrogens with zero attached hydrogens (tertiary/aromatic N) is 8. The van der Waals surface area contributed by atoms with E-state index < -0.39 is 53.1 Å². The molecule has 0 unspecified atom stereocenters. The maximum Gasteiger partial charge on any atom is 0 e. The molecule has 0 aliphatic rings. The van der Waals surface area contributed by atoms with Crippen molar-refractivity contribution in [3.63, 3.8) is 0 Å². The molecule has 10 aromatic carbocycles. The fraction of sp³-hybridized carbons (Fsp3) is 0.138. The van der Waals surface area contributed by atoms with E-state index in [2.05, 4.69) is 343 Å². The first-order valence-electron chi connectivity index (χ1n) is 43.2. The zero-order valence-electron chi connectivity index (χ0n) is 77.9. The normalized spacial score (nSPS) is 10.5. The molecule has 16 heteroatoms. The molecule has 4 radical (unpaired) electrons. The van der Waals surface area contributed by atoms with Crippen LogP contribution in [0.25, 0.3) is 112 Å². The molecule has 8 aromatic heterocycles. The average Bonchev–Trinajstić information content (AvgIpc) is 0.833. The third kappa shape index (κ3) is 35.9. The first-order valence-corrected chi connectivity index (χ1v) is 72.6. The maximum absolute atomic E-state index is 4.67. The van der Waals surface area contributed by atoms with Gasteiger partial charge in [0.1, 0.15) is 0 Å². The molecule has 8 nitrogen and oxygen atoms in total. The van der Waals surface area contributed by atoms with Gasteiger partial charge in [-0.2, -0.15) is 0 Å². The van der Waals surface area contributed by atoms with Gasteiger partial charge in [0.05, 0.1) is 0 Å². The molecule has 0 saturated carbocycles. The summed E-state index contributed by atoms with van der Waals surface area (Å²) in [5, 5.41) is 0. The zero-order valence-corrected chi connectivity index (χ0v) is 95.8. The Labute approximate surface area is 850 Å². The van der Waals surface area contributed by atoms with Gasteiger partial charge in [-0.15, -0.1) is 144 Å². The second-order valence-corrected chi connectivity index (χ2v) is 77.6. The largest absolute Gasteiger partial charge is 0 e. The van der Waals surface area contributed by atoms with Crippen LogP contribution in [0.5, 0.6) is 0 Å². The molecule has 18 aromatic rings. The molecule has 0 atom stereocenters. The molecule has 0 spiro atoms. The first-order chi connectivity index (χ1) is 61.7. The van der Waals surface area contributed by atoms with Gasteiger partial charge in [0.2, 0.25) is 0 Å². The SMILES string of the molecule is Cc1ccnc(-c2[c-]cccc2)c1.Cc1ccnc(-c2[c-]cccc2)c1.Cc1ccnc(-c2[c-]cccc2)c1.Cc1ccnc(-c2[c-]cccc2)c1.[CH3][Ge]([CH3])([CH3])[c]1ccc(-c2[c-]cc(-c3ccccc3)cc2)nc1.[CH3][Ge]([CH3])([CH3])[c]1ccc(-c2[c-]ccc(-c3ccccc3)c2)nc1.[CH3][Ge]([CH3])([CH3])[c]1ccc(-c2[c-]cccc2)nc1.[CH3][Ge]([CH3])([CH3])[c]1ccnc(-c2[c-]cccc2)c1.[Ir].[Ir].[Ir].[Ir]. The first kappa shape index (κ1) is 109. The minimum Gasteiger partial charge on any atom is 0 e. The molecule has 0 saturated heterocycles. The fourth-order valence-electron chi connectivity index (χ4n) is 12.9. The van der Waals surface area contributed by atoms with Crippen molar-refractivity contribution in [1.29, 1.82) is 0 Å². The van der Waals surface area contributed by atoms with Crippen LogP contribution in [0.15, 0.2) is 389 Å². The van der Waals surface area contributed by atoms with Crippen LogP contribution >= 0.6 is 0 Å². The van der Waals surface area contributed by atoms with Crippen LogP contribution in [0.1, 0.15) is 22.3 Å². The van der Waals surface area contributed by atoms with Crippen LogP contribution in [0.4, 0.5) is 0 Å². The van der Waals surface area contributed by atoms with E-state index in [-0.39, 0.29) is 80.4 Å². The van der Waals surface area contributed by atoms with Gasteiger partial charge in [0, 0.05) is 105 Å². The summed E-state index contributed by atoms with van der Waals surface area (Å²) in [7, 11) is 0. The summed E-state index contributed by atoms with van der Waals surface area (Å²) in [6.45, 7) is 8.25. The topological polar surface area (TPSA) is 103 Å². The van der Waals surface area contributed by atoms with E-state index in [1.807, 2.05) is 231 Å². The summed E-state index contributed by atoms with van der Waals surface area (Å²) in [5.41, 5.74) is 26.1. The van der Waals surface area contributed by atoms with Crippen LogP contribution < -0.4 is 17.6 Å². The predicted molar refractivity (Wildman–Crippen MR) is 550 cm³/mol. The van der Waals surface area contributed by atoms with Gasteiger partial charge in [0.15, 0.2) is 0 Å². The number of hydrogen-bond donors (Lipinski definition) is 0. The van der Waals surface area contributed by atoms with Crippen LogP contribution in [0.3, 0.4) is 0 Å². The molecule has 8 heterocycles. The second-order valence-electron chi connectivity index (χ2n) is 35.0. The minimum atomic E-state index is -1.79. The Morgan fingerprint density at radius 1 is 0.182 bits per heavy atom. The van der Waals surface area contributed by atoms with Crippen LogP contribution in [-0.2, 0) is 80.4 Å². The summed E-state index contributed by atoms with van der Waals surface area (Å²) < 4.78 is 5.80. The molecule has 0 aliphatic carbocycles. The van der Waals surface area contributed by atoms with Crippen molar-refractivity contribution >= 4 is 70.6 Å². The third-order valence-corrected chi connectivity index (χ3v) is 37.5. The van der Waals surface area contributed by atoms with E-state index >= 15 is 0 Å². The van der Waals surface area contributed by atoms with Crippen molar-refractivity contribution in [3.05, 3.63) is 460 Å². The van der Waals surface area contributed by atoms with E-state index in [1.54, 1.807) is 0 Å². The Kier molecular flexibility index (Phi) is 45.6. The fourth-order valence-corrected chi connectivity index (χ4v) is 21.8.